The quantitative estimate of drug-likeness (QED) is 0.368. The molecule has 0 bridgehead atoms. The van der Waals surface area contributed by atoms with Crippen LogP contribution in [0.3, 0.4) is 0 Å². The van der Waals surface area contributed by atoms with Crippen molar-refractivity contribution in [3.05, 3.63) is 93.5 Å². The van der Waals surface area contributed by atoms with Crippen molar-refractivity contribution in [1.29, 1.82) is 0 Å². The van der Waals surface area contributed by atoms with Crippen molar-refractivity contribution in [3.8, 4) is 0 Å². The molecule has 0 heterocycles. The smallest absolute Gasteiger partial charge is 0.312 e. The molecule has 0 radical (unpaired) electrons. The van der Waals surface area contributed by atoms with Crippen LogP contribution in [0, 0.1) is 0 Å². The van der Waals surface area contributed by atoms with Gasteiger partial charge >= 0.3 is 11.9 Å². The van der Waals surface area contributed by atoms with Gasteiger partial charge in [0.2, 0.25) is 0 Å². The number of nitrogens with zero attached hydrogens (tertiary/aromatic N) is 2. The lowest BCUT2D eigenvalue weighted by Gasteiger charge is -2.04. The monoisotopic (exact) mass is 458 g/mol. The molecule has 0 saturated heterocycles. The van der Waals surface area contributed by atoms with Crippen LogP contribution in [0.2, 0.25) is 5.02 Å². The van der Waals surface area contributed by atoms with Crippen LogP contribution in [-0.2, 0) is 9.68 Å². The van der Waals surface area contributed by atoms with E-state index in [0.29, 0.717) is 21.5 Å². The standard InChI is InChI=1S/C20H12BrClN2O4/c21-17-7-3-1-5-15(17)19(25)27-23-13-9-11-14(12-10-13)24-28-20(26)16-6-2-4-8-18(16)22/h1-12H. The van der Waals surface area contributed by atoms with Gasteiger partial charge in [0.1, 0.15) is 11.4 Å². The Kier molecular flexibility index (Phi) is 6.52. The van der Waals surface area contributed by atoms with Crippen molar-refractivity contribution < 1.29 is 19.3 Å². The molecule has 6 nitrogen and oxygen atoms in total. The second-order valence-electron chi connectivity index (χ2n) is 5.42. The lowest BCUT2D eigenvalue weighted by molar-refractivity contribution is 0.0507. The maximum atomic E-state index is 12.0. The predicted octanol–water partition coefficient (Wildman–Crippen LogP) is 4.95. The Morgan fingerprint density at radius 3 is 1.75 bits per heavy atom. The fourth-order valence-electron chi connectivity index (χ4n) is 2.11. The lowest BCUT2D eigenvalue weighted by atomic mass is 10.1. The van der Waals surface area contributed by atoms with Gasteiger partial charge in [-0.25, -0.2) is 9.59 Å². The van der Waals surface area contributed by atoms with Crippen LogP contribution in [0.4, 0.5) is 0 Å². The minimum absolute atomic E-state index is 0.221. The van der Waals surface area contributed by atoms with Crippen LogP contribution in [0.1, 0.15) is 20.7 Å². The summed E-state index contributed by atoms with van der Waals surface area (Å²) in [5, 5.41) is 7.82. The molecular formula is C20H12BrClN2O4. The normalized spacial score (nSPS) is 12.5. The number of oxime groups is 2. The predicted molar refractivity (Wildman–Crippen MR) is 110 cm³/mol. The number of benzene rings is 2. The fraction of sp³-hybridized carbons (Fsp3) is 0. The highest BCUT2D eigenvalue weighted by molar-refractivity contribution is 9.10. The average molecular weight is 460 g/mol. The molecule has 8 heteroatoms. The highest BCUT2D eigenvalue weighted by Gasteiger charge is 2.13. The Labute approximate surface area is 173 Å². The summed E-state index contributed by atoms with van der Waals surface area (Å²) in [4.78, 5) is 33.8. The molecular weight excluding hydrogens is 448 g/mol. The zero-order valence-corrected chi connectivity index (χ0v) is 16.6. The van der Waals surface area contributed by atoms with Crippen LogP contribution in [0.25, 0.3) is 0 Å². The highest BCUT2D eigenvalue weighted by Crippen LogP contribution is 2.17. The molecule has 0 saturated carbocycles. The summed E-state index contributed by atoms with van der Waals surface area (Å²) < 4.78 is 0.615. The number of rotatable bonds is 4. The fourth-order valence-corrected chi connectivity index (χ4v) is 2.77. The maximum Gasteiger partial charge on any atom is 0.367 e. The summed E-state index contributed by atoms with van der Waals surface area (Å²) in [7, 11) is 0. The average Bonchev–Trinajstić information content (AvgIpc) is 2.71. The first-order valence-corrected chi connectivity index (χ1v) is 9.15. The largest absolute Gasteiger partial charge is 0.367 e. The van der Waals surface area contributed by atoms with Gasteiger partial charge in [0.25, 0.3) is 0 Å². The van der Waals surface area contributed by atoms with Crippen LogP contribution in [0.15, 0.2) is 87.6 Å². The molecule has 1 aliphatic carbocycles. The molecule has 0 aliphatic heterocycles. The third-order valence-corrected chi connectivity index (χ3v) is 4.53. The minimum Gasteiger partial charge on any atom is -0.312 e. The number of allylic oxidation sites excluding steroid dienone is 4. The molecule has 0 fully saturated rings. The first-order valence-electron chi connectivity index (χ1n) is 7.98. The van der Waals surface area contributed by atoms with E-state index in [1.807, 2.05) is 0 Å². The SMILES string of the molecule is O=C(ON=C1C=CC(=NOC(=O)c2ccccc2Br)C=C1)c1ccccc1Cl. The first-order chi connectivity index (χ1) is 13.5. The van der Waals surface area contributed by atoms with Gasteiger partial charge in [-0.2, -0.15) is 0 Å². The molecule has 1 aliphatic rings. The molecule has 0 amide bonds. The van der Waals surface area contributed by atoms with Gasteiger partial charge in [-0.1, -0.05) is 46.2 Å². The van der Waals surface area contributed by atoms with E-state index < -0.39 is 11.9 Å². The van der Waals surface area contributed by atoms with Gasteiger partial charge in [0.05, 0.1) is 16.1 Å². The van der Waals surface area contributed by atoms with E-state index in [1.165, 1.54) is 0 Å². The van der Waals surface area contributed by atoms with E-state index in [-0.39, 0.29) is 10.6 Å². The number of halogens is 2. The molecule has 0 spiro atoms. The summed E-state index contributed by atoms with van der Waals surface area (Å²) >= 11 is 9.21. The van der Waals surface area contributed by atoms with Crippen LogP contribution in [-0.4, -0.2) is 23.4 Å². The van der Waals surface area contributed by atoms with Gasteiger partial charge in [-0.3, -0.25) is 0 Å². The molecule has 2 aromatic carbocycles. The van der Waals surface area contributed by atoms with E-state index in [0.717, 1.165) is 0 Å². The summed E-state index contributed by atoms with van der Waals surface area (Å²) in [5.74, 6) is -1.25. The topological polar surface area (TPSA) is 77.3 Å². The number of hydrogen-bond donors (Lipinski definition) is 0. The van der Waals surface area contributed by atoms with Gasteiger partial charge in [0.15, 0.2) is 0 Å². The summed E-state index contributed by atoms with van der Waals surface area (Å²) in [6.45, 7) is 0. The molecule has 140 valence electrons. The van der Waals surface area contributed by atoms with Gasteiger partial charge in [0, 0.05) is 4.47 Å². The van der Waals surface area contributed by atoms with Crippen molar-refractivity contribution >= 4 is 50.9 Å². The molecule has 0 aromatic heterocycles. The summed E-state index contributed by atoms with van der Waals surface area (Å²) in [5.41, 5.74) is 1.37. The molecule has 3 rings (SSSR count). The Hall–Kier alpha value is -3.03. The molecule has 0 N–H and O–H groups in total. The van der Waals surface area contributed by atoms with E-state index in [2.05, 4.69) is 26.2 Å². The zero-order chi connectivity index (χ0) is 19.9. The van der Waals surface area contributed by atoms with Gasteiger partial charge < -0.3 is 9.68 Å². The third-order valence-electron chi connectivity index (χ3n) is 3.51. The maximum absolute atomic E-state index is 12.0. The summed E-state index contributed by atoms with van der Waals surface area (Å²) in [6.07, 6.45) is 6.25. The molecule has 2 aromatic rings. The highest BCUT2D eigenvalue weighted by atomic mass is 79.9. The van der Waals surface area contributed by atoms with Crippen LogP contribution < -0.4 is 0 Å². The van der Waals surface area contributed by atoms with E-state index in [1.54, 1.807) is 72.8 Å². The zero-order valence-electron chi connectivity index (χ0n) is 14.2. The Balaban J connectivity index is 1.59. The van der Waals surface area contributed by atoms with Crippen molar-refractivity contribution in [2.24, 2.45) is 10.3 Å². The summed E-state index contributed by atoms with van der Waals surface area (Å²) in [6, 6.07) is 13.4. The Bertz CT molecular complexity index is 945. The number of hydrogen-bond acceptors (Lipinski definition) is 6. The third kappa shape index (κ3) is 5.03. The number of carbonyl (C=O) groups is 2. The van der Waals surface area contributed by atoms with Gasteiger partial charge in [-0.15, -0.1) is 0 Å². The van der Waals surface area contributed by atoms with Crippen LogP contribution >= 0.6 is 27.5 Å². The molecule has 28 heavy (non-hydrogen) atoms. The van der Waals surface area contributed by atoms with Gasteiger partial charge in [-0.05, 0) is 64.5 Å². The van der Waals surface area contributed by atoms with Crippen molar-refractivity contribution in [2.45, 2.75) is 0 Å². The molecule has 0 unspecified atom stereocenters. The lowest BCUT2D eigenvalue weighted by Crippen LogP contribution is -2.07. The van der Waals surface area contributed by atoms with Crippen molar-refractivity contribution in [3.63, 3.8) is 0 Å². The molecule has 0 atom stereocenters. The van der Waals surface area contributed by atoms with E-state index in [4.69, 9.17) is 21.3 Å². The van der Waals surface area contributed by atoms with E-state index in [9.17, 15) is 9.59 Å². The minimum atomic E-state index is -0.665. The number of carbonyl (C=O) groups excluding carboxylic acids is 2. The van der Waals surface area contributed by atoms with Crippen molar-refractivity contribution in [1.82, 2.24) is 0 Å². The van der Waals surface area contributed by atoms with Crippen LogP contribution in [0.5, 0.6) is 0 Å². The second kappa shape index (κ2) is 9.25. The second-order valence-corrected chi connectivity index (χ2v) is 6.68. The van der Waals surface area contributed by atoms with Crippen molar-refractivity contribution in [2.75, 3.05) is 0 Å². The van der Waals surface area contributed by atoms with E-state index >= 15 is 0 Å². The Morgan fingerprint density at radius 1 is 0.750 bits per heavy atom. The first kappa shape index (κ1) is 19.7. The Morgan fingerprint density at radius 2 is 1.21 bits per heavy atom.